The summed E-state index contributed by atoms with van der Waals surface area (Å²) in [6, 6.07) is 1.81. The maximum atomic E-state index is 11.5. The second kappa shape index (κ2) is 4.74. The van der Waals surface area contributed by atoms with Crippen molar-refractivity contribution in [3.8, 4) is 0 Å². The Morgan fingerprint density at radius 2 is 2.46 bits per heavy atom. The van der Waals surface area contributed by atoms with E-state index in [0.717, 1.165) is 10.3 Å². The minimum absolute atomic E-state index is 0.0636. The van der Waals surface area contributed by atoms with Gasteiger partial charge in [-0.05, 0) is 22.0 Å². The van der Waals surface area contributed by atoms with E-state index in [-0.39, 0.29) is 5.91 Å². The monoisotopic (exact) mass is 262 g/mol. The minimum Gasteiger partial charge on any atom is -0.285 e. The molecule has 1 aromatic heterocycles. The lowest BCUT2D eigenvalue weighted by molar-refractivity contribution is 0.0835. The molecule has 0 unspecified atom stereocenters. The van der Waals surface area contributed by atoms with Crippen LogP contribution in [0.25, 0.3) is 0 Å². The van der Waals surface area contributed by atoms with Crippen LogP contribution in [-0.2, 0) is 0 Å². The molecular formula is C8H11BrN2OS. The normalized spacial score (nSPS) is 10.5. The maximum absolute atomic E-state index is 11.5. The summed E-state index contributed by atoms with van der Waals surface area (Å²) in [4.78, 5) is 11.5. The molecule has 1 N–H and O–H groups in total. The van der Waals surface area contributed by atoms with E-state index in [0.29, 0.717) is 5.56 Å². The standard InChI is InChI=1S/C8H11BrN2OS/c1-3-11(2)10-8(12)6-4-7(9)13-5-6/h4-5H,3H2,1-2H3,(H,10,12). The van der Waals surface area contributed by atoms with E-state index < -0.39 is 0 Å². The number of rotatable bonds is 3. The fourth-order valence-corrected chi connectivity index (χ4v) is 1.88. The van der Waals surface area contributed by atoms with E-state index in [9.17, 15) is 4.79 Å². The maximum Gasteiger partial charge on any atom is 0.266 e. The first-order valence-electron chi connectivity index (χ1n) is 3.89. The zero-order valence-electron chi connectivity index (χ0n) is 7.50. The fourth-order valence-electron chi connectivity index (χ4n) is 0.746. The summed E-state index contributed by atoms with van der Waals surface area (Å²) < 4.78 is 0.969. The lowest BCUT2D eigenvalue weighted by atomic mass is 10.3. The molecule has 0 aromatic carbocycles. The molecule has 0 aliphatic rings. The van der Waals surface area contributed by atoms with Gasteiger partial charge in [0.25, 0.3) is 5.91 Å². The predicted molar refractivity (Wildman–Crippen MR) is 57.8 cm³/mol. The molecule has 0 aliphatic heterocycles. The SMILES string of the molecule is CCN(C)NC(=O)c1csc(Br)c1. The van der Waals surface area contributed by atoms with Crippen LogP contribution in [0.3, 0.4) is 0 Å². The number of hydrogen-bond donors (Lipinski definition) is 1. The van der Waals surface area contributed by atoms with Crippen LogP contribution in [0.2, 0.25) is 0 Å². The largest absolute Gasteiger partial charge is 0.285 e. The van der Waals surface area contributed by atoms with Crippen molar-refractivity contribution in [3.05, 3.63) is 20.8 Å². The van der Waals surface area contributed by atoms with Gasteiger partial charge in [0.05, 0.1) is 9.35 Å². The second-order valence-corrected chi connectivity index (χ2v) is 4.89. The Morgan fingerprint density at radius 1 is 1.77 bits per heavy atom. The quantitative estimate of drug-likeness (QED) is 0.847. The van der Waals surface area contributed by atoms with Gasteiger partial charge >= 0.3 is 0 Å². The van der Waals surface area contributed by atoms with Gasteiger partial charge in [-0.2, -0.15) is 0 Å². The smallest absolute Gasteiger partial charge is 0.266 e. The highest BCUT2D eigenvalue weighted by atomic mass is 79.9. The molecule has 0 radical (unpaired) electrons. The van der Waals surface area contributed by atoms with Crippen molar-refractivity contribution in [1.29, 1.82) is 0 Å². The van der Waals surface area contributed by atoms with Crippen molar-refractivity contribution in [2.24, 2.45) is 0 Å². The third kappa shape index (κ3) is 3.10. The summed E-state index contributed by atoms with van der Waals surface area (Å²) in [6.07, 6.45) is 0. The van der Waals surface area contributed by atoms with Crippen molar-refractivity contribution >= 4 is 33.2 Å². The van der Waals surface area contributed by atoms with E-state index in [1.807, 2.05) is 25.4 Å². The number of halogens is 1. The molecule has 0 bridgehead atoms. The Bertz CT molecular complexity index is 300. The van der Waals surface area contributed by atoms with E-state index in [4.69, 9.17) is 0 Å². The third-order valence-electron chi connectivity index (χ3n) is 1.60. The highest BCUT2D eigenvalue weighted by molar-refractivity contribution is 9.11. The first kappa shape index (κ1) is 10.7. The zero-order valence-corrected chi connectivity index (χ0v) is 9.91. The Balaban J connectivity index is 2.58. The molecule has 5 heteroatoms. The number of hydrazine groups is 1. The van der Waals surface area contributed by atoms with Gasteiger partial charge in [0.15, 0.2) is 0 Å². The molecule has 1 aromatic rings. The van der Waals surface area contributed by atoms with Crippen LogP contribution in [0.15, 0.2) is 15.2 Å². The molecule has 13 heavy (non-hydrogen) atoms. The van der Waals surface area contributed by atoms with E-state index in [1.54, 1.807) is 5.01 Å². The number of hydrogen-bond acceptors (Lipinski definition) is 3. The number of thiophene rings is 1. The van der Waals surface area contributed by atoms with Crippen molar-refractivity contribution in [3.63, 3.8) is 0 Å². The average Bonchev–Trinajstić information content (AvgIpc) is 2.51. The molecule has 0 aliphatic carbocycles. The lowest BCUT2D eigenvalue weighted by Gasteiger charge is -2.14. The Morgan fingerprint density at radius 3 is 2.92 bits per heavy atom. The molecule has 0 saturated carbocycles. The molecule has 3 nitrogen and oxygen atoms in total. The molecule has 72 valence electrons. The summed E-state index contributed by atoms with van der Waals surface area (Å²) in [6.45, 7) is 2.76. The van der Waals surface area contributed by atoms with Crippen LogP contribution < -0.4 is 5.43 Å². The summed E-state index contributed by atoms with van der Waals surface area (Å²) >= 11 is 4.81. The summed E-state index contributed by atoms with van der Waals surface area (Å²) in [5.41, 5.74) is 3.43. The van der Waals surface area contributed by atoms with Gasteiger partial charge in [-0.1, -0.05) is 6.92 Å². The molecule has 0 saturated heterocycles. The zero-order chi connectivity index (χ0) is 9.84. The fraction of sp³-hybridized carbons (Fsp3) is 0.375. The molecule has 1 heterocycles. The molecule has 0 spiro atoms. The summed E-state index contributed by atoms with van der Waals surface area (Å²) in [5, 5.41) is 3.57. The molecule has 0 atom stereocenters. The lowest BCUT2D eigenvalue weighted by Crippen LogP contribution is -2.38. The van der Waals surface area contributed by atoms with Crippen molar-refractivity contribution in [2.75, 3.05) is 13.6 Å². The van der Waals surface area contributed by atoms with Crippen LogP contribution >= 0.6 is 27.3 Å². The second-order valence-electron chi connectivity index (χ2n) is 2.59. The first-order valence-corrected chi connectivity index (χ1v) is 5.57. The summed E-state index contributed by atoms with van der Waals surface area (Å²) in [5.74, 6) is -0.0636. The number of carbonyl (C=O) groups excluding carboxylic acids is 1. The Kier molecular flexibility index (Phi) is 3.90. The van der Waals surface area contributed by atoms with Crippen LogP contribution in [0.5, 0.6) is 0 Å². The van der Waals surface area contributed by atoms with Gasteiger partial charge < -0.3 is 0 Å². The van der Waals surface area contributed by atoms with E-state index in [2.05, 4.69) is 21.4 Å². The Labute approximate surface area is 89.8 Å². The average molecular weight is 263 g/mol. The van der Waals surface area contributed by atoms with Gasteiger partial charge in [-0.25, -0.2) is 5.01 Å². The molecule has 1 amide bonds. The summed E-state index contributed by atoms with van der Waals surface area (Å²) in [7, 11) is 1.83. The van der Waals surface area contributed by atoms with Crippen LogP contribution in [0, 0.1) is 0 Å². The number of nitrogens with zero attached hydrogens (tertiary/aromatic N) is 1. The predicted octanol–water partition coefficient (Wildman–Crippen LogP) is 2.11. The van der Waals surface area contributed by atoms with Gasteiger partial charge in [-0.15, -0.1) is 11.3 Å². The van der Waals surface area contributed by atoms with Gasteiger partial charge in [0.1, 0.15) is 0 Å². The van der Waals surface area contributed by atoms with Crippen molar-refractivity contribution < 1.29 is 4.79 Å². The van der Waals surface area contributed by atoms with E-state index >= 15 is 0 Å². The molecule has 0 fully saturated rings. The van der Waals surface area contributed by atoms with Gasteiger partial charge in [-0.3, -0.25) is 10.2 Å². The van der Waals surface area contributed by atoms with Crippen LogP contribution in [-0.4, -0.2) is 24.5 Å². The Hall–Kier alpha value is -0.390. The minimum atomic E-state index is -0.0636. The van der Waals surface area contributed by atoms with Gasteiger partial charge in [0, 0.05) is 19.0 Å². The number of nitrogens with one attached hydrogen (secondary N) is 1. The molecule has 1 rings (SSSR count). The highest BCUT2D eigenvalue weighted by Crippen LogP contribution is 2.20. The van der Waals surface area contributed by atoms with E-state index in [1.165, 1.54) is 11.3 Å². The number of amides is 1. The highest BCUT2D eigenvalue weighted by Gasteiger charge is 2.08. The molecular weight excluding hydrogens is 252 g/mol. The third-order valence-corrected chi connectivity index (χ3v) is 3.10. The van der Waals surface area contributed by atoms with Crippen LogP contribution in [0.1, 0.15) is 17.3 Å². The first-order chi connectivity index (χ1) is 6.13. The van der Waals surface area contributed by atoms with Crippen LogP contribution in [0.4, 0.5) is 0 Å². The van der Waals surface area contributed by atoms with Crippen molar-refractivity contribution in [2.45, 2.75) is 6.92 Å². The van der Waals surface area contributed by atoms with Gasteiger partial charge in [0.2, 0.25) is 0 Å². The topological polar surface area (TPSA) is 32.3 Å². The van der Waals surface area contributed by atoms with Crippen molar-refractivity contribution in [1.82, 2.24) is 10.4 Å². The number of carbonyl (C=O) groups is 1.